The van der Waals surface area contributed by atoms with E-state index in [1.807, 2.05) is 0 Å². The van der Waals surface area contributed by atoms with Crippen LogP contribution in [0.5, 0.6) is 0 Å². The highest BCUT2D eigenvalue weighted by Crippen LogP contribution is 2.29. The number of carbonyl (C=O) groups excluding carboxylic acids is 2. The molecule has 28 heavy (non-hydrogen) atoms. The van der Waals surface area contributed by atoms with E-state index in [4.69, 9.17) is 16.3 Å². The fraction of sp³-hybridized carbons (Fsp3) is 0.333. The lowest BCUT2D eigenvalue weighted by molar-refractivity contribution is -0.146. The summed E-state index contributed by atoms with van der Waals surface area (Å²) in [5, 5.41) is 0.600. The maximum absolute atomic E-state index is 13.2. The van der Waals surface area contributed by atoms with Crippen molar-refractivity contribution in [2.75, 3.05) is 31.1 Å². The first-order valence-corrected chi connectivity index (χ1v) is 9.63. The average Bonchev–Trinajstić information content (AvgIpc) is 3.10. The first kappa shape index (κ1) is 18.9. The summed E-state index contributed by atoms with van der Waals surface area (Å²) in [7, 11) is 0. The highest BCUT2D eigenvalue weighted by Gasteiger charge is 2.40. The van der Waals surface area contributed by atoms with Gasteiger partial charge in [0.25, 0.3) is 0 Å². The molecule has 2 heterocycles. The first-order valence-electron chi connectivity index (χ1n) is 9.26. The predicted octanol–water partition coefficient (Wildman–Crippen LogP) is 3.43. The van der Waals surface area contributed by atoms with E-state index in [-0.39, 0.29) is 23.7 Å². The monoisotopic (exact) mass is 402 g/mol. The smallest absolute Gasteiger partial charge is 0.239 e. The van der Waals surface area contributed by atoms with Crippen molar-refractivity contribution in [3.05, 3.63) is 64.9 Å². The lowest BCUT2D eigenvalue weighted by Crippen LogP contribution is -2.46. The van der Waals surface area contributed by atoms with Gasteiger partial charge >= 0.3 is 0 Å². The molecule has 146 valence electrons. The second kappa shape index (κ2) is 7.89. The normalized spacial score (nSPS) is 22.6. The molecule has 2 fully saturated rings. The molecule has 5 nitrogen and oxygen atoms in total. The van der Waals surface area contributed by atoms with E-state index in [9.17, 15) is 14.0 Å². The zero-order chi connectivity index (χ0) is 19.7. The van der Waals surface area contributed by atoms with Crippen molar-refractivity contribution < 1.29 is 18.7 Å². The molecule has 0 aromatic heterocycles. The van der Waals surface area contributed by atoms with Crippen LogP contribution in [0.4, 0.5) is 10.1 Å². The Hall–Kier alpha value is -2.44. The van der Waals surface area contributed by atoms with E-state index in [2.05, 4.69) is 0 Å². The molecule has 2 saturated heterocycles. The molecular formula is C21H20ClFN2O3. The van der Waals surface area contributed by atoms with Gasteiger partial charge in [0.1, 0.15) is 17.8 Å². The van der Waals surface area contributed by atoms with Gasteiger partial charge in [-0.3, -0.25) is 9.59 Å². The first-order chi connectivity index (χ1) is 13.5. The van der Waals surface area contributed by atoms with Crippen molar-refractivity contribution in [3.8, 4) is 0 Å². The fourth-order valence-corrected chi connectivity index (χ4v) is 3.86. The highest BCUT2D eigenvalue weighted by atomic mass is 35.5. The summed E-state index contributed by atoms with van der Waals surface area (Å²) in [4.78, 5) is 29.2. The molecule has 0 saturated carbocycles. The van der Waals surface area contributed by atoms with Crippen LogP contribution < -0.4 is 4.90 Å². The van der Waals surface area contributed by atoms with Crippen LogP contribution in [-0.4, -0.2) is 43.0 Å². The molecule has 2 unspecified atom stereocenters. The zero-order valence-corrected chi connectivity index (χ0v) is 15.9. The molecule has 2 aliphatic rings. The molecule has 0 aliphatic carbocycles. The molecule has 0 radical (unpaired) electrons. The van der Waals surface area contributed by atoms with Crippen molar-refractivity contribution in [2.45, 2.75) is 12.5 Å². The van der Waals surface area contributed by atoms with Gasteiger partial charge in [-0.15, -0.1) is 0 Å². The fourth-order valence-electron chi connectivity index (χ4n) is 3.74. The summed E-state index contributed by atoms with van der Waals surface area (Å²) < 4.78 is 18.9. The number of amides is 2. The summed E-state index contributed by atoms with van der Waals surface area (Å²) >= 11 is 5.91. The number of hydrogen-bond acceptors (Lipinski definition) is 3. The molecule has 0 spiro atoms. The van der Waals surface area contributed by atoms with Gasteiger partial charge in [-0.05, 0) is 48.4 Å². The summed E-state index contributed by atoms with van der Waals surface area (Å²) in [6.07, 6.45) is 0.168. The zero-order valence-electron chi connectivity index (χ0n) is 15.2. The van der Waals surface area contributed by atoms with Crippen molar-refractivity contribution in [3.63, 3.8) is 0 Å². The molecule has 2 aromatic carbocycles. The van der Waals surface area contributed by atoms with Gasteiger partial charge in [0.05, 0.1) is 13.2 Å². The van der Waals surface area contributed by atoms with Crippen LogP contribution in [0, 0.1) is 11.7 Å². The molecule has 2 aromatic rings. The third-order valence-electron chi connectivity index (χ3n) is 5.26. The standard InChI is InChI=1S/C21H20ClFN2O3/c22-15-3-7-17(8-4-15)25-10-9-18(21(25)27)20(26)24-11-12-28-19(13-24)14-1-5-16(23)6-2-14/h1-8,18-19H,9-13H2. The Morgan fingerprint density at radius 3 is 2.50 bits per heavy atom. The van der Waals surface area contributed by atoms with Crippen LogP contribution in [0.2, 0.25) is 5.02 Å². The maximum atomic E-state index is 13.2. The van der Waals surface area contributed by atoms with Gasteiger partial charge in [0, 0.05) is 23.8 Å². The molecule has 7 heteroatoms. The molecule has 2 amide bonds. The number of morpholine rings is 1. The minimum absolute atomic E-state index is 0.170. The van der Waals surface area contributed by atoms with E-state index in [1.54, 1.807) is 46.2 Å². The number of ether oxygens (including phenoxy) is 1. The number of halogens is 2. The van der Waals surface area contributed by atoms with Crippen molar-refractivity contribution in [1.82, 2.24) is 4.90 Å². The summed E-state index contributed by atoms with van der Waals surface area (Å²) in [5.74, 6) is -1.34. The van der Waals surface area contributed by atoms with Gasteiger partial charge < -0.3 is 14.5 Å². The van der Waals surface area contributed by atoms with Gasteiger partial charge in [0.15, 0.2) is 0 Å². The van der Waals surface area contributed by atoms with E-state index in [0.29, 0.717) is 37.7 Å². The van der Waals surface area contributed by atoms with Crippen LogP contribution in [0.15, 0.2) is 48.5 Å². The minimum Gasteiger partial charge on any atom is -0.370 e. The lowest BCUT2D eigenvalue weighted by atomic mass is 10.0. The topological polar surface area (TPSA) is 49.9 Å². The average molecular weight is 403 g/mol. The second-order valence-electron chi connectivity index (χ2n) is 7.00. The van der Waals surface area contributed by atoms with Crippen LogP contribution >= 0.6 is 11.6 Å². The molecule has 2 aliphatic heterocycles. The summed E-state index contributed by atoms with van der Waals surface area (Å²) in [5.41, 5.74) is 1.57. The van der Waals surface area contributed by atoms with Crippen LogP contribution in [0.1, 0.15) is 18.1 Å². The van der Waals surface area contributed by atoms with E-state index < -0.39 is 5.92 Å². The number of anilines is 1. The Labute approximate surface area is 167 Å². The Kier molecular flexibility index (Phi) is 5.33. The number of nitrogens with zero attached hydrogens (tertiary/aromatic N) is 2. The van der Waals surface area contributed by atoms with E-state index in [1.165, 1.54) is 12.1 Å². The summed E-state index contributed by atoms with van der Waals surface area (Å²) in [6, 6.07) is 13.1. The van der Waals surface area contributed by atoms with Crippen molar-refractivity contribution in [1.29, 1.82) is 0 Å². The van der Waals surface area contributed by atoms with Gasteiger partial charge in [-0.25, -0.2) is 4.39 Å². The summed E-state index contributed by atoms with van der Waals surface area (Å²) in [6.45, 7) is 1.69. The quantitative estimate of drug-likeness (QED) is 0.739. The largest absolute Gasteiger partial charge is 0.370 e. The molecule has 0 N–H and O–H groups in total. The van der Waals surface area contributed by atoms with E-state index in [0.717, 1.165) is 11.3 Å². The second-order valence-corrected chi connectivity index (χ2v) is 7.44. The third kappa shape index (κ3) is 3.75. The maximum Gasteiger partial charge on any atom is 0.239 e. The number of benzene rings is 2. The van der Waals surface area contributed by atoms with Crippen molar-refractivity contribution >= 4 is 29.1 Å². The number of hydrogen-bond donors (Lipinski definition) is 0. The van der Waals surface area contributed by atoms with E-state index >= 15 is 0 Å². The van der Waals surface area contributed by atoms with Gasteiger partial charge in [0.2, 0.25) is 11.8 Å². The Morgan fingerprint density at radius 1 is 1.07 bits per heavy atom. The molecular weight excluding hydrogens is 383 g/mol. The molecule has 0 bridgehead atoms. The van der Waals surface area contributed by atoms with Crippen molar-refractivity contribution in [2.24, 2.45) is 5.92 Å². The minimum atomic E-state index is -0.678. The molecule has 4 rings (SSSR count). The van der Waals surface area contributed by atoms with Crippen LogP contribution in [0.3, 0.4) is 0 Å². The van der Waals surface area contributed by atoms with Gasteiger partial charge in [-0.1, -0.05) is 23.7 Å². The third-order valence-corrected chi connectivity index (χ3v) is 5.51. The Morgan fingerprint density at radius 2 is 1.79 bits per heavy atom. The van der Waals surface area contributed by atoms with Gasteiger partial charge in [-0.2, -0.15) is 0 Å². The molecule has 2 atom stereocenters. The number of rotatable bonds is 3. The lowest BCUT2D eigenvalue weighted by Gasteiger charge is -2.34. The Balaban J connectivity index is 1.44. The SMILES string of the molecule is O=C(C1CCN(c2ccc(Cl)cc2)C1=O)N1CCOC(c2ccc(F)cc2)C1. The van der Waals surface area contributed by atoms with Crippen LogP contribution in [0.25, 0.3) is 0 Å². The van der Waals surface area contributed by atoms with Crippen LogP contribution in [-0.2, 0) is 14.3 Å². The Bertz CT molecular complexity index is 872. The predicted molar refractivity (Wildman–Crippen MR) is 104 cm³/mol. The number of carbonyl (C=O) groups is 2. The highest BCUT2D eigenvalue weighted by molar-refractivity contribution is 6.30.